The first-order valence-electron chi connectivity index (χ1n) is 5.27. The molecular weight excluding hydrogens is 230 g/mol. The van der Waals surface area contributed by atoms with Gasteiger partial charge in [-0.25, -0.2) is 9.18 Å². The summed E-state index contributed by atoms with van der Waals surface area (Å²) in [6, 6.07) is 3.41. The summed E-state index contributed by atoms with van der Waals surface area (Å²) in [5.74, 6) is -3.82. The van der Waals surface area contributed by atoms with E-state index >= 15 is 0 Å². The zero-order chi connectivity index (χ0) is 13.1. The van der Waals surface area contributed by atoms with E-state index in [1.807, 2.05) is 0 Å². The van der Waals surface area contributed by atoms with Crippen LogP contribution in [0.4, 0.5) is 8.78 Å². The molecule has 0 bridgehead atoms. The van der Waals surface area contributed by atoms with Gasteiger partial charge in [0.1, 0.15) is 0 Å². The Labute approximate surface area is 98.0 Å². The largest absolute Gasteiger partial charge is 0.478 e. The highest BCUT2D eigenvalue weighted by molar-refractivity contribution is 5.77. The average molecular weight is 244 g/mol. The van der Waals surface area contributed by atoms with Crippen molar-refractivity contribution in [1.29, 1.82) is 0 Å². The van der Waals surface area contributed by atoms with Crippen LogP contribution in [-0.4, -0.2) is 16.7 Å². The van der Waals surface area contributed by atoms with Gasteiger partial charge in [-0.3, -0.25) is 0 Å². The van der Waals surface area contributed by atoms with Crippen molar-refractivity contribution in [3.05, 3.63) is 29.8 Å². The molecule has 3 nitrogen and oxygen atoms in total. The van der Waals surface area contributed by atoms with Crippen LogP contribution in [0.2, 0.25) is 0 Å². The lowest BCUT2D eigenvalue weighted by molar-refractivity contribution is -0.154. The average Bonchev–Trinajstić information content (AvgIpc) is 2.25. The monoisotopic (exact) mass is 244 g/mol. The first kappa shape index (κ1) is 13.4. The van der Waals surface area contributed by atoms with Crippen molar-refractivity contribution in [2.24, 2.45) is 0 Å². The molecule has 1 unspecified atom stereocenters. The van der Waals surface area contributed by atoms with E-state index in [0.717, 1.165) is 6.07 Å². The van der Waals surface area contributed by atoms with Gasteiger partial charge in [0.2, 0.25) is 11.4 Å². The topological polar surface area (TPSA) is 46.5 Å². The van der Waals surface area contributed by atoms with Gasteiger partial charge in [0.15, 0.2) is 11.6 Å². The lowest BCUT2D eigenvalue weighted by Crippen LogP contribution is -2.41. The molecule has 0 aliphatic carbocycles. The van der Waals surface area contributed by atoms with Crippen LogP contribution in [0.25, 0.3) is 0 Å². The van der Waals surface area contributed by atoms with E-state index in [2.05, 4.69) is 0 Å². The smallest absolute Gasteiger partial charge is 0.347 e. The minimum atomic E-state index is -1.55. The number of halogens is 2. The third kappa shape index (κ3) is 2.93. The first-order valence-corrected chi connectivity index (χ1v) is 5.27. The minimum Gasteiger partial charge on any atom is -0.478 e. The molecular formula is C12H14F2O3. The van der Waals surface area contributed by atoms with Gasteiger partial charge in [-0.05, 0) is 25.5 Å². The van der Waals surface area contributed by atoms with E-state index < -0.39 is 23.2 Å². The van der Waals surface area contributed by atoms with Gasteiger partial charge in [0.05, 0.1) is 0 Å². The Hall–Kier alpha value is -1.65. The highest BCUT2D eigenvalue weighted by Gasteiger charge is 2.35. The number of hydrogen-bond acceptors (Lipinski definition) is 2. The van der Waals surface area contributed by atoms with Gasteiger partial charge >= 0.3 is 5.97 Å². The predicted octanol–water partition coefficient (Wildman–Crippen LogP) is 2.99. The summed E-state index contributed by atoms with van der Waals surface area (Å²) in [7, 11) is 0. The Kier molecular flexibility index (Phi) is 4.04. The van der Waals surface area contributed by atoms with Crippen LogP contribution in [0.15, 0.2) is 18.2 Å². The molecule has 0 aliphatic heterocycles. The Bertz CT molecular complexity index is 420. The fourth-order valence-electron chi connectivity index (χ4n) is 1.48. The van der Waals surface area contributed by atoms with Gasteiger partial charge in [0, 0.05) is 0 Å². The van der Waals surface area contributed by atoms with Gasteiger partial charge in [-0.1, -0.05) is 19.4 Å². The molecule has 1 rings (SSSR count). The molecule has 1 atom stereocenters. The van der Waals surface area contributed by atoms with Gasteiger partial charge in [-0.15, -0.1) is 0 Å². The van der Waals surface area contributed by atoms with E-state index in [4.69, 9.17) is 9.84 Å². The van der Waals surface area contributed by atoms with E-state index in [1.54, 1.807) is 6.92 Å². The number of carboxylic acids is 1. The quantitative estimate of drug-likeness (QED) is 0.866. The Morgan fingerprint density at radius 2 is 2.12 bits per heavy atom. The number of aliphatic carboxylic acids is 1. The van der Waals surface area contributed by atoms with Crippen molar-refractivity contribution in [2.75, 3.05) is 0 Å². The molecule has 0 fully saturated rings. The lowest BCUT2D eigenvalue weighted by atomic mass is 10.0. The van der Waals surface area contributed by atoms with Crippen molar-refractivity contribution in [1.82, 2.24) is 0 Å². The van der Waals surface area contributed by atoms with Crippen molar-refractivity contribution in [2.45, 2.75) is 32.3 Å². The molecule has 5 heteroatoms. The van der Waals surface area contributed by atoms with Crippen LogP contribution in [0.5, 0.6) is 5.75 Å². The van der Waals surface area contributed by atoms with Crippen molar-refractivity contribution in [3.8, 4) is 5.75 Å². The fraction of sp³-hybridized carbons (Fsp3) is 0.417. The molecule has 0 saturated carbocycles. The van der Waals surface area contributed by atoms with Gasteiger partial charge in [-0.2, -0.15) is 4.39 Å². The van der Waals surface area contributed by atoms with E-state index in [0.29, 0.717) is 6.42 Å². The molecule has 0 heterocycles. The van der Waals surface area contributed by atoms with Crippen molar-refractivity contribution >= 4 is 5.97 Å². The summed E-state index contributed by atoms with van der Waals surface area (Å²) in [5.41, 5.74) is -1.55. The number of benzene rings is 1. The summed E-state index contributed by atoms with van der Waals surface area (Å²) in [5, 5.41) is 9.04. The molecule has 0 spiro atoms. The standard InChI is InChI=1S/C12H14F2O3/c1-3-7-12(2,11(15)16)17-9-6-4-5-8(13)10(9)14/h4-6H,3,7H2,1-2H3,(H,15,16). The van der Waals surface area contributed by atoms with Crippen LogP contribution in [0.1, 0.15) is 26.7 Å². The van der Waals surface area contributed by atoms with Gasteiger partial charge in [0.25, 0.3) is 0 Å². The van der Waals surface area contributed by atoms with E-state index in [9.17, 15) is 13.6 Å². The number of hydrogen-bond donors (Lipinski definition) is 1. The maximum absolute atomic E-state index is 13.3. The number of rotatable bonds is 5. The molecule has 0 aliphatic rings. The SMILES string of the molecule is CCCC(C)(Oc1cccc(F)c1F)C(=O)O. The highest BCUT2D eigenvalue weighted by Crippen LogP contribution is 2.26. The minimum absolute atomic E-state index is 0.207. The summed E-state index contributed by atoms with van der Waals surface area (Å²) in [4.78, 5) is 11.1. The van der Waals surface area contributed by atoms with Crippen molar-refractivity contribution < 1.29 is 23.4 Å². The summed E-state index contributed by atoms with van der Waals surface area (Å²) < 4.78 is 31.4. The molecule has 94 valence electrons. The summed E-state index contributed by atoms with van der Waals surface area (Å²) in [6.45, 7) is 3.12. The molecule has 1 aromatic carbocycles. The highest BCUT2D eigenvalue weighted by atomic mass is 19.2. The molecule has 0 aromatic heterocycles. The maximum Gasteiger partial charge on any atom is 0.347 e. The second-order valence-electron chi connectivity index (χ2n) is 3.94. The van der Waals surface area contributed by atoms with Crippen LogP contribution < -0.4 is 4.74 Å². The third-order valence-electron chi connectivity index (χ3n) is 2.43. The number of carboxylic acid groups (broad SMARTS) is 1. The molecule has 0 amide bonds. The normalized spacial score (nSPS) is 14.1. The molecule has 0 radical (unpaired) electrons. The number of carbonyl (C=O) groups is 1. The van der Waals surface area contributed by atoms with Crippen LogP contribution in [-0.2, 0) is 4.79 Å². The Morgan fingerprint density at radius 1 is 1.47 bits per heavy atom. The van der Waals surface area contributed by atoms with Crippen molar-refractivity contribution in [3.63, 3.8) is 0 Å². The van der Waals surface area contributed by atoms with E-state index in [-0.39, 0.29) is 12.2 Å². The second-order valence-corrected chi connectivity index (χ2v) is 3.94. The Morgan fingerprint density at radius 3 is 2.65 bits per heavy atom. The van der Waals surface area contributed by atoms with E-state index in [1.165, 1.54) is 19.1 Å². The number of ether oxygens (including phenoxy) is 1. The zero-order valence-corrected chi connectivity index (χ0v) is 9.67. The summed E-state index contributed by atoms with van der Waals surface area (Å²) >= 11 is 0. The van der Waals surface area contributed by atoms with Crippen LogP contribution in [0, 0.1) is 11.6 Å². The van der Waals surface area contributed by atoms with Gasteiger partial charge < -0.3 is 9.84 Å². The summed E-state index contributed by atoms with van der Waals surface area (Å²) in [6.07, 6.45) is 0.762. The second kappa shape index (κ2) is 5.12. The predicted molar refractivity (Wildman–Crippen MR) is 57.9 cm³/mol. The molecule has 0 saturated heterocycles. The fourth-order valence-corrected chi connectivity index (χ4v) is 1.48. The zero-order valence-electron chi connectivity index (χ0n) is 9.67. The molecule has 17 heavy (non-hydrogen) atoms. The van der Waals surface area contributed by atoms with Crippen LogP contribution in [0.3, 0.4) is 0 Å². The Balaban J connectivity index is 3.02. The molecule has 1 aromatic rings. The first-order chi connectivity index (χ1) is 7.90. The lowest BCUT2D eigenvalue weighted by Gasteiger charge is -2.26. The van der Waals surface area contributed by atoms with Crippen LogP contribution >= 0.6 is 0 Å². The third-order valence-corrected chi connectivity index (χ3v) is 2.43. The maximum atomic E-state index is 13.3. The molecule has 1 N–H and O–H groups in total.